The van der Waals surface area contributed by atoms with Crippen LogP contribution >= 0.6 is 11.8 Å². The predicted molar refractivity (Wildman–Crippen MR) is 35.0 cm³/mol. The molecule has 0 saturated carbocycles. The molecule has 0 atom stereocenters. The summed E-state index contributed by atoms with van der Waals surface area (Å²) < 4.78 is 0. The third-order valence-corrected chi connectivity index (χ3v) is 1.40. The molecular weight excluding hydrogens is 106 g/mol. The number of aliphatic imine (C=N–C) groups is 1. The molecule has 2 heteroatoms. The normalized spacial score (nSPS) is 19.4. The van der Waals surface area contributed by atoms with E-state index in [1.165, 1.54) is 0 Å². The molecule has 0 N–H and O–H groups in total. The molecule has 0 unspecified atom stereocenters. The molecule has 0 radical (unpaired) electrons. The lowest BCUT2D eigenvalue weighted by atomic mass is 10.5. The molecule has 0 aromatic heterocycles. The maximum atomic E-state index is 4.02. The van der Waals surface area contributed by atoms with Crippen LogP contribution in [0.15, 0.2) is 17.1 Å². The average molecular weight is 113 g/mol. The smallest absolute Gasteiger partial charge is 0.0576 e. The van der Waals surface area contributed by atoms with Gasteiger partial charge in [-0.2, -0.15) is 0 Å². The van der Waals surface area contributed by atoms with E-state index in [2.05, 4.69) is 17.1 Å². The van der Waals surface area contributed by atoms with Crippen LogP contribution in [-0.4, -0.2) is 17.8 Å². The van der Waals surface area contributed by atoms with E-state index in [4.69, 9.17) is 0 Å². The van der Waals surface area contributed by atoms with Crippen LogP contribution < -0.4 is 0 Å². The molecule has 0 spiro atoms. The summed E-state index contributed by atoms with van der Waals surface area (Å²) in [6.45, 7) is 0.868. The number of hydrogen-bond acceptors (Lipinski definition) is 2. The maximum absolute atomic E-state index is 4.02. The molecular formula is C5H7NS. The van der Waals surface area contributed by atoms with E-state index in [0.717, 1.165) is 12.3 Å². The first-order valence-corrected chi connectivity index (χ1v) is 3.30. The molecule has 1 heterocycles. The van der Waals surface area contributed by atoms with Gasteiger partial charge in [0.15, 0.2) is 0 Å². The van der Waals surface area contributed by atoms with Gasteiger partial charge in [-0.25, -0.2) is 0 Å². The largest absolute Gasteiger partial charge is 0.282 e. The van der Waals surface area contributed by atoms with Crippen LogP contribution in [-0.2, 0) is 0 Å². The number of hydrogen-bond donors (Lipinski definition) is 0. The highest BCUT2D eigenvalue weighted by molar-refractivity contribution is 8.12. The molecule has 0 saturated heterocycles. The molecule has 38 valence electrons. The molecule has 0 amide bonds. The van der Waals surface area contributed by atoms with Crippen LogP contribution in [0.1, 0.15) is 0 Å². The Balaban J connectivity index is 2.38. The SMILES string of the molecule is C1=CCSC=NC1. The summed E-state index contributed by atoms with van der Waals surface area (Å²) in [7, 11) is 0. The van der Waals surface area contributed by atoms with Crippen molar-refractivity contribution in [2.75, 3.05) is 12.3 Å². The molecule has 1 rings (SSSR count). The molecule has 0 aliphatic carbocycles. The Morgan fingerprint density at radius 2 is 2.43 bits per heavy atom. The van der Waals surface area contributed by atoms with E-state index in [0.29, 0.717) is 0 Å². The Bertz CT molecular complexity index is 84.3. The quantitative estimate of drug-likeness (QED) is 0.431. The Hall–Kier alpha value is -0.240. The van der Waals surface area contributed by atoms with Crippen LogP contribution in [0.4, 0.5) is 0 Å². The zero-order valence-corrected chi connectivity index (χ0v) is 4.82. The first kappa shape index (κ1) is 4.91. The van der Waals surface area contributed by atoms with Crippen molar-refractivity contribution in [3.05, 3.63) is 12.2 Å². The lowest BCUT2D eigenvalue weighted by molar-refractivity contribution is 1.26. The van der Waals surface area contributed by atoms with Gasteiger partial charge in [0.2, 0.25) is 0 Å². The first-order chi connectivity index (χ1) is 3.50. The molecule has 7 heavy (non-hydrogen) atoms. The van der Waals surface area contributed by atoms with Crippen molar-refractivity contribution in [1.29, 1.82) is 0 Å². The highest BCUT2D eigenvalue weighted by Gasteiger charge is 1.80. The van der Waals surface area contributed by atoms with Gasteiger partial charge in [-0.15, -0.1) is 11.8 Å². The molecule has 0 aromatic carbocycles. The molecule has 0 fully saturated rings. The first-order valence-electron chi connectivity index (χ1n) is 2.25. The lowest BCUT2D eigenvalue weighted by Crippen LogP contribution is -1.64. The average Bonchev–Trinajstić information content (AvgIpc) is 1.90. The van der Waals surface area contributed by atoms with Crippen LogP contribution in [0.2, 0.25) is 0 Å². The van der Waals surface area contributed by atoms with Gasteiger partial charge in [0.05, 0.1) is 12.1 Å². The van der Waals surface area contributed by atoms with Gasteiger partial charge in [-0.05, 0) is 0 Å². The predicted octanol–water partition coefficient (Wildman–Crippen LogP) is 1.32. The van der Waals surface area contributed by atoms with E-state index in [9.17, 15) is 0 Å². The minimum atomic E-state index is 0.868. The second-order valence-electron chi connectivity index (χ2n) is 1.28. The fourth-order valence-electron chi connectivity index (χ4n) is 0.398. The molecule has 1 nitrogen and oxygen atoms in total. The van der Waals surface area contributed by atoms with E-state index >= 15 is 0 Å². The van der Waals surface area contributed by atoms with Crippen molar-refractivity contribution in [3.63, 3.8) is 0 Å². The standard InChI is InChI=1S/C5H7NS/c1-2-4-7-5-6-3-1/h1-2,5H,3-4H2. The maximum Gasteiger partial charge on any atom is 0.0576 e. The number of rotatable bonds is 0. The van der Waals surface area contributed by atoms with Gasteiger partial charge in [0.25, 0.3) is 0 Å². The topological polar surface area (TPSA) is 12.4 Å². The fourth-order valence-corrected chi connectivity index (χ4v) is 0.922. The zero-order chi connectivity index (χ0) is 4.95. The summed E-state index contributed by atoms with van der Waals surface area (Å²) in [4.78, 5) is 4.02. The number of nitrogens with zero attached hydrogens (tertiary/aromatic N) is 1. The van der Waals surface area contributed by atoms with E-state index < -0.39 is 0 Å². The Labute approximate surface area is 47.5 Å². The second-order valence-corrected chi connectivity index (χ2v) is 2.15. The van der Waals surface area contributed by atoms with Crippen molar-refractivity contribution in [2.24, 2.45) is 4.99 Å². The lowest BCUT2D eigenvalue weighted by Gasteiger charge is -1.75. The number of thioether (sulfide) groups is 1. The molecule has 0 bridgehead atoms. The minimum absolute atomic E-state index is 0.868. The highest BCUT2D eigenvalue weighted by atomic mass is 32.2. The Morgan fingerprint density at radius 1 is 1.43 bits per heavy atom. The van der Waals surface area contributed by atoms with Crippen molar-refractivity contribution in [1.82, 2.24) is 0 Å². The van der Waals surface area contributed by atoms with Gasteiger partial charge in [0, 0.05) is 5.75 Å². The summed E-state index contributed by atoms with van der Waals surface area (Å²) in [6, 6.07) is 0. The third-order valence-electron chi connectivity index (χ3n) is 0.719. The highest BCUT2D eigenvalue weighted by Crippen LogP contribution is 1.97. The Morgan fingerprint density at radius 3 is 3.43 bits per heavy atom. The summed E-state index contributed by atoms with van der Waals surface area (Å²) in [5.74, 6) is 1.09. The molecule has 1 aliphatic rings. The van der Waals surface area contributed by atoms with Gasteiger partial charge in [0.1, 0.15) is 0 Å². The third kappa shape index (κ3) is 1.78. The molecule has 0 aromatic rings. The van der Waals surface area contributed by atoms with Crippen molar-refractivity contribution < 1.29 is 0 Å². The fraction of sp³-hybridized carbons (Fsp3) is 0.400. The summed E-state index contributed by atoms with van der Waals surface area (Å²) in [5, 5.41) is 0. The van der Waals surface area contributed by atoms with Crippen LogP contribution in [0.25, 0.3) is 0 Å². The van der Waals surface area contributed by atoms with Gasteiger partial charge >= 0.3 is 0 Å². The zero-order valence-electron chi connectivity index (χ0n) is 4.00. The van der Waals surface area contributed by atoms with Gasteiger partial charge < -0.3 is 0 Å². The monoisotopic (exact) mass is 113 g/mol. The van der Waals surface area contributed by atoms with Crippen LogP contribution in [0.3, 0.4) is 0 Å². The summed E-state index contributed by atoms with van der Waals surface area (Å²) in [6.07, 6.45) is 4.22. The van der Waals surface area contributed by atoms with E-state index in [-0.39, 0.29) is 0 Å². The molecule has 1 aliphatic heterocycles. The van der Waals surface area contributed by atoms with Crippen molar-refractivity contribution >= 4 is 17.3 Å². The van der Waals surface area contributed by atoms with Gasteiger partial charge in [-0.1, -0.05) is 12.2 Å². The second kappa shape index (κ2) is 2.86. The van der Waals surface area contributed by atoms with Crippen LogP contribution in [0.5, 0.6) is 0 Å². The van der Waals surface area contributed by atoms with Crippen molar-refractivity contribution in [2.45, 2.75) is 0 Å². The summed E-state index contributed by atoms with van der Waals surface area (Å²) in [5.41, 5.74) is 1.90. The van der Waals surface area contributed by atoms with Crippen LogP contribution in [0, 0.1) is 0 Å². The van der Waals surface area contributed by atoms with E-state index in [1.54, 1.807) is 11.8 Å². The van der Waals surface area contributed by atoms with E-state index in [1.807, 2.05) is 5.55 Å². The Kier molecular flexibility index (Phi) is 2.00. The summed E-state index contributed by atoms with van der Waals surface area (Å²) >= 11 is 1.74. The van der Waals surface area contributed by atoms with Crippen molar-refractivity contribution in [3.8, 4) is 0 Å². The van der Waals surface area contributed by atoms with Gasteiger partial charge in [-0.3, -0.25) is 4.99 Å². The minimum Gasteiger partial charge on any atom is -0.282 e.